The molecule has 1 aromatic carbocycles. The summed E-state index contributed by atoms with van der Waals surface area (Å²) < 4.78 is 5.39. The molecule has 2 N–H and O–H groups in total. The summed E-state index contributed by atoms with van der Waals surface area (Å²) in [5.74, 6) is 0.896. The maximum Gasteiger partial charge on any atom is 0.410 e. The van der Waals surface area contributed by atoms with Crippen molar-refractivity contribution in [2.75, 3.05) is 26.7 Å². The van der Waals surface area contributed by atoms with Crippen LogP contribution in [0.4, 0.5) is 4.79 Å². The van der Waals surface area contributed by atoms with Gasteiger partial charge in [0, 0.05) is 33.2 Å². The first-order valence-corrected chi connectivity index (χ1v) is 10.4. The molecule has 2 rings (SSSR count). The van der Waals surface area contributed by atoms with Crippen LogP contribution in [0, 0.1) is 0 Å². The van der Waals surface area contributed by atoms with Crippen molar-refractivity contribution in [3.63, 3.8) is 0 Å². The molecule has 170 valence electrons. The molecule has 0 aromatic heterocycles. The quantitative estimate of drug-likeness (QED) is 0.345. The number of guanidine groups is 1. The molecule has 1 aromatic rings. The number of hydrogen-bond acceptors (Lipinski definition) is 4. The maximum absolute atomic E-state index is 12.1. The molecule has 0 atom stereocenters. The standard InChI is InChI=1S/C22H36N4O3.HI/c1-6-23-20(26-13-11-19(27)12-14-26)24-15-17-7-9-18(10-8-17)16-25(5)21(28)29-22(2,3)4;/h7-10,19,27H,6,11-16H2,1-5H3,(H,23,24);1H. The Balaban J connectivity index is 0.00000450. The van der Waals surface area contributed by atoms with Gasteiger partial charge < -0.3 is 25.0 Å². The number of nitrogens with zero attached hydrogens (tertiary/aromatic N) is 3. The third-order valence-corrected chi connectivity index (χ3v) is 4.66. The van der Waals surface area contributed by atoms with Crippen LogP contribution in [0.1, 0.15) is 51.7 Å². The molecule has 0 unspecified atom stereocenters. The van der Waals surface area contributed by atoms with Crippen molar-refractivity contribution in [2.45, 2.75) is 65.3 Å². The largest absolute Gasteiger partial charge is 0.444 e. The van der Waals surface area contributed by atoms with E-state index in [4.69, 9.17) is 9.73 Å². The average Bonchev–Trinajstić information content (AvgIpc) is 2.65. The smallest absolute Gasteiger partial charge is 0.410 e. The lowest BCUT2D eigenvalue weighted by molar-refractivity contribution is 0.0285. The van der Waals surface area contributed by atoms with Crippen molar-refractivity contribution in [3.8, 4) is 0 Å². The number of rotatable bonds is 5. The number of aliphatic hydroxyl groups is 1. The zero-order chi connectivity index (χ0) is 21.4. The molecule has 1 amide bonds. The molecule has 1 aliphatic rings. The first-order valence-electron chi connectivity index (χ1n) is 10.4. The molecular formula is C22H37IN4O3. The molecule has 8 heteroatoms. The average molecular weight is 532 g/mol. The molecule has 1 fully saturated rings. The minimum atomic E-state index is -0.496. The molecule has 0 aliphatic carbocycles. The third kappa shape index (κ3) is 9.07. The topological polar surface area (TPSA) is 77.4 Å². The lowest BCUT2D eigenvalue weighted by atomic mass is 10.1. The molecule has 1 aliphatic heterocycles. The molecule has 0 radical (unpaired) electrons. The van der Waals surface area contributed by atoms with E-state index in [1.807, 2.05) is 45.0 Å². The summed E-state index contributed by atoms with van der Waals surface area (Å²) in [4.78, 5) is 20.6. The molecule has 7 nitrogen and oxygen atoms in total. The fourth-order valence-electron chi connectivity index (χ4n) is 3.10. The Bertz CT molecular complexity index is 681. The zero-order valence-corrected chi connectivity index (χ0v) is 21.2. The number of likely N-dealkylation sites (tertiary alicyclic amines) is 1. The second kappa shape index (κ2) is 12.3. The highest BCUT2D eigenvalue weighted by Gasteiger charge is 2.20. The number of ether oxygens (including phenoxy) is 1. The van der Waals surface area contributed by atoms with E-state index in [1.165, 1.54) is 0 Å². The van der Waals surface area contributed by atoms with Crippen LogP contribution in [0.2, 0.25) is 0 Å². The van der Waals surface area contributed by atoms with Gasteiger partial charge in [0.25, 0.3) is 0 Å². The van der Waals surface area contributed by atoms with Crippen molar-refractivity contribution < 1.29 is 14.6 Å². The monoisotopic (exact) mass is 532 g/mol. The Morgan fingerprint density at radius 2 is 1.80 bits per heavy atom. The minimum absolute atomic E-state index is 0. The van der Waals surface area contributed by atoms with Gasteiger partial charge in [0.1, 0.15) is 5.60 Å². The number of halogens is 1. The van der Waals surface area contributed by atoms with Crippen molar-refractivity contribution in [1.82, 2.24) is 15.1 Å². The van der Waals surface area contributed by atoms with Crippen LogP contribution in [-0.4, -0.2) is 65.3 Å². The van der Waals surface area contributed by atoms with Crippen molar-refractivity contribution >= 4 is 36.0 Å². The van der Waals surface area contributed by atoms with E-state index in [9.17, 15) is 9.90 Å². The van der Waals surface area contributed by atoms with E-state index < -0.39 is 5.60 Å². The van der Waals surface area contributed by atoms with Gasteiger partial charge in [-0.25, -0.2) is 9.79 Å². The number of hydrogen-bond donors (Lipinski definition) is 2. The highest BCUT2D eigenvalue weighted by atomic mass is 127. The number of aliphatic imine (C=N–C) groups is 1. The Morgan fingerprint density at radius 1 is 1.23 bits per heavy atom. The lowest BCUT2D eigenvalue weighted by Crippen LogP contribution is -2.46. The van der Waals surface area contributed by atoms with E-state index in [2.05, 4.69) is 17.1 Å². The van der Waals surface area contributed by atoms with Crippen LogP contribution in [0.5, 0.6) is 0 Å². The van der Waals surface area contributed by atoms with Gasteiger partial charge in [-0.1, -0.05) is 24.3 Å². The number of benzene rings is 1. The first-order chi connectivity index (χ1) is 13.7. The van der Waals surface area contributed by atoms with E-state index in [0.717, 1.165) is 49.6 Å². The molecule has 30 heavy (non-hydrogen) atoms. The summed E-state index contributed by atoms with van der Waals surface area (Å²) in [6.07, 6.45) is 1.04. The Hall–Kier alpha value is -1.55. The second-order valence-electron chi connectivity index (χ2n) is 8.54. The summed E-state index contributed by atoms with van der Waals surface area (Å²) >= 11 is 0. The Labute approximate surface area is 197 Å². The van der Waals surface area contributed by atoms with Crippen molar-refractivity contribution in [3.05, 3.63) is 35.4 Å². The summed E-state index contributed by atoms with van der Waals surface area (Å²) in [7, 11) is 1.74. The van der Waals surface area contributed by atoms with Gasteiger partial charge in [-0.15, -0.1) is 24.0 Å². The highest BCUT2D eigenvalue weighted by molar-refractivity contribution is 14.0. The van der Waals surface area contributed by atoms with Crippen molar-refractivity contribution in [2.24, 2.45) is 4.99 Å². The summed E-state index contributed by atoms with van der Waals surface area (Å²) in [5.41, 5.74) is 1.66. The van der Waals surface area contributed by atoms with Crippen LogP contribution in [0.15, 0.2) is 29.3 Å². The minimum Gasteiger partial charge on any atom is -0.444 e. The van der Waals surface area contributed by atoms with E-state index >= 15 is 0 Å². The SMILES string of the molecule is CCNC(=NCc1ccc(CN(C)C(=O)OC(C)(C)C)cc1)N1CCC(O)CC1.I. The van der Waals surface area contributed by atoms with E-state index in [-0.39, 0.29) is 36.2 Å². The lowest BCUT2D eigenvalue weighted by Gasteiger charge is -2.32. The third-order valence-electron chi connectivity index (χ3n) is 4.66. The maximum atomic E-state index is 12.1. The molecule has 0 spiro atoms. The number of carbonyl (C=O) groups is 1. The zero-order valence-electron chi connectivity index (χ0n) is 18.9. The van der Waals surface area contributed by atoms with Gasteiger partial charge in [0.2, 0.25) is 0 Å². The Kier molecular flexibility index (Phi) is 10.9. The summed E-state index contributed by atoms with van der Waals surface area (Å²) in [5, 5.41) is 13.0. The fourth-order valence-corrected chi connectivity index (χ4v) is 3.10. The molecule has 1 heterocycles. The normalized spacial score (nSPS) is 15.4. The molecular weight excluding hydrogens is 495 g/mol. The highest BCUT2D eigenvalue weighted by Crippen LogP contribution is 2.14. The van der Waals surface area contributed by atoms with Gasteiger partial charge >= 0.3 is 6.09 Å². The molecule has 0 saturated carbocycles. The number of carbonyl (C=O) groups excluding carboxylic acids is 1. The van der Waals surface area contributed by atoms with Crippen LogP contribution in [0.3, 0.4) is 0 Å². The van der Waals surface area contributed by atoms with Crippen LogP contribution < -0.4 is 5.32 Å². The van der Waals surface area contributed by atoms with Gasteiger partial charge in [0.15, 0.2) is 5.96 Å². The second-order valence-corrected chi connectivity index (χ2v) is 8.54. The van der Waals surface area contributed by atoms with E-state index in [0.29, 0.717) is 13.1 Å². The predicted octanol–water partition coefficient (Wildman–Crippen LogP) is 3.59. The summed E-state index contributed by atoms with van der Waals surface area (Å²) in [6.45, 7) is 11.2. The van der Waals surface area contributed by atoms with Gasteiger partial charge in [-0.2, -0.15) is 0 Å². The van der Waals surface area contributed by atoms with Gasteiger partial charge in [0.05, 0.1) is 12.6 Å². The number of amides is 1. The van der Waals surface area contributed by atoms with Gasteiger partial charge in [-0.3, -0.25) is 0 Å². The molecule has 0 bridgehead atoms. The van der Waals surface area contributed by atoms with Crippen LogP contribution in [-0.2, 0) is 17.8 Å². The fraction of sp³-hybridized carbons (Fsp3) is 0.636. The van der Waals surface area contributed by atoms with E-state index in [1.54, 1.807) is 11.9 Å². The van der Waals surface area contributed by atoms with Crippen LogP contribution in [0.25, 0.3) is 0 Å². The number of nitrogens with one attached hydrogen (secondary N) is 1. The van der Waals surface area contributed by atoms with Gasteiger partial charge in [-0.05, 0) is 51.7 Å². The number of piperidine rings is 1. The van der Waals surface area contributed by atoms with Crippen LogP contribution >= 0.6 is 24.0 Å². The number of aliphatic hydroxyl groups excluding tert-OH is 1. The Morgan fingerprint density at radius 3 is 2.33 bits per heavy atom. The predicted molar refractivity (Wildman–Crippen MR) is 131 cm³/mol. The first kappa shape index (κ1) is 26.5. The summed E-state index contributed by atoms with van der Waals surface area (Å²) in [6, 6.07) is 8.14. The molecule has 1 saturated heterocycles. The van der Waals surface area contributed by atoms with Crippen molar-refractivity contribution in [1.29, 1.82) is 0 Å².